The van der Waals surface area contributed by atoms with E-state index in [4.69, 9.17) is 45.9 Å². The predicted molar refractivity (Wildman–Crippen MR) is 489 cm³/mol. The number of aliphatic carboxylic acids is 1. The third-order valence-corrected chi connectivity index (χ3v) is 24.3. The number of hydrogen-bond donors (Lipinski definition) is 1. The van der Waals surface area contributed by atoms with E-state index in [0.717, 1.165) is 209 Å². The van der Waals surface area contributed by atoms with Gasteiger partial charge in [0.1, 0.15) is 5.75 Å². The molecule has 25 heteroatoms. The van der Waals surface area contributed by atoms with Crippen LogP contribution in [0.15, 0.2) is 150 Å². The first-order chi connectivity index (χ1) is 60.1. The number of carboxylic acid groups (broad SMARTS) is 1. The average molecular weight is 1730 g/mol. The monoisotopic (exact) mass is 1730 g/mol. The lowest BCUT2D eigenvalue weighted by atomic mass is 10.0. The second kappa shape index (κ2) is 41.5. The SMILES string of the molecule is [C-]#[N+]c1ccc(-n2c(C)c(C(=O)CN3CCCCC3)c3ccc(CCC(=O)O)cc32)cc1.[C-]#[N+]c1ccc(-n2c(C)c(C(=O)CN3CCCCC3)c3nc(C)c(CCC(=O)OCC)cc32)cc1.[C-]#[N+]c1ccc(-n2c(C)c(C(=O)CN3CCCCC3)c3ncc(Br)cc32)cc1.[C-]#[N+]c1ccc(-n2c(C)c(C(=O)CN3CCCCC3)c3ncc(OC)cc32)cc1. The Bertz CT molecular complexity index is 6130. The first-order valence-corrected chi connectivity index (χ1v) is 43.6. The van der Waals surface area contributed by atoms with Gasteiger partial charge in [-0.15, -0.1) is 0 Å². The minimum Gasteiger partial charge on any atom is -0.495 e. The number of aryl methyl sites for hydroxylation is 3. The van der Waals surface area contributed by atoms with Crippen molar-refractivity contribution in [2.75, 3.05) is 92.3 Å². The van der Waals surface area contributed by atoms with E-state index in [-0.39, 0.29) is 41.9 Å². The van der Waals surface area contributed by atoms with Crippen molar-refractivity contribution in [3.05, 3.63) is 258 Å². The lowest BCUT2D eigenvalue weighted by Gasteiger charge is -2.25. The molecule has 0 unspecified atom stereocenters. The first kappa shape index (κ1) is 89.2. The largest absolute Gasteiger partial charge is 0.495 e. The fraction of sp³-hybridized carbons (Fsp3) is 0.364. The molecule has 636 valence electrons. The molecule has 4 saturated heterocycles. The number of hydrogen-bond acceptors (Lipinski definition) is 15. The number of carbonyl (C=O) groups is 6. The van der Waals surface area contributed by atoms with E-state index >= 15 is 0 Å². The van der Waals surface area contributed by atoms with Crippen molar-refractivity contribution < 1.29 is 43.3 Å². The molecule has 0 aliphatic carbocycles. The number of aromatic nitrogens is 7. The summed E-state index contributed by atoms with van der Waals surface area (Å²) in [6.07, 6.45) is 18.8. The summed E-state index contributed by atoms with van der Waals surface area (Å²) in [6, 6.07) is 41.3. The van der Waals surface area contributed by atoms with Crippen molar-refractivity contribution >= 4 is 118 Å². The van der Waals surface area contributed by atoms with Crippen molar-refractivity contribution in [1.29, 1.82) is 0 Å². The van der Waals surface area contributed by atoms with Gasteiger partial charge in [-0.2, -0.15) is 0 Å². The second-order valence-electron chi connectivity index (χ2n) is 32.2. The Morgan fingerprint density at radius 1 is 0.419 bits per heavy atom. The number of Topliss-reactive ketones (excluding diaryl/α,β-unsaturated/α-hetero) is 4. The fourth-order valence-corrected chi connectivity index (χ4v) is 18.0. The molecular weight excluding hydrogens is 1620 g/mol. The number of ether oxygens (including phenoxy) is 2. The molecule has 0 bridgehead atoms. The topological polar surface area (TPSA) is 230 Å². The summed E-state index contributed by atoms with van der Waals surface area (Å²) in [4.78, 5) is 113. The van der Waals surface area contributed by atoms with Gasteiger partial charge < -0.3 is 32.8 Å². The van der Waals surface area contributed by atoms with Gasteiger partial charge in [0.05, 0.1) is 128 Å². The van der Waals surface area contributed by atoms with Crippen LogP contribution < -0.4 is 4.74 Å². The van der Waals surface area contributed by atoms with Crippen molar-refractivity contribution in [2.24, 2.45) is 0 Å². The van der Waals surface area contributed by atoms with E-state index in [1.165, 1.54) is 25.7 Å². The van der Waals surface area contributed by atoms with E-state index in [9.17, 15) is 28.8 Å². The zero-order chi connectivity index (χ0) is 87.7. The van der Waals surface area contributed by atoms with Crippen LogP contribution in [0.25, 0.3) is 86.1 Å². The van der Waals surface area contributed by atoms with Crippen LogP contribution in [0.2, 0.25) is 0 Å². The van der Waals surface area contributed by atoms with Gasteiger partial charge in [0, 0.05) is 91.7 Å². The number of carboxylic acids is 1. The molecular formula is C99H104BrN15O9. The Morgan fingerprint density at radius 3 is 1.15 bits per heavy atom. The molecule has 5 aromatic carbocycles. The van der Waals surface area contributed by atoms with Crippen LogP contribution in [0.4, 0.5) is 22.7 Å². The number of ketones is 4. The highest BCUT2D eigenvalue weighted by Crippen LogP contribution is 2.38. The van der Waals surface area contributed by atoms with Crippen molar-refractivity contribution in [3.8, 4) is 28.5 Å². The summed E-state index contributed by atoms with van der Waals surface area (Å²) < 4.78 is 19.5. The van der Waals surface area contributed by atoms with E-state index in [1.807, 2.05) is 129 Å². The number of carbonyl (C=O) groups excluding carboxylic acids is 5. The Hall–Kier alpha value is -12.6. The summed E-state index contributed by atoms with van der Waals surface area (Å²) >= 11 is 3.50. The van der Waals surface area contributed by atoms with Crippen LogP contribution in [0.3, 0.4) is 0 Å². The third kappa shape index (κ3) is 20.7. The molecule has 4 fully saturated rings. The summed E-state index contributed by atoms with van der Waals surface area (Å²) in [5.74, 6) is -0.000738. The highest BCUT2D eigenvalue weighted by atomic mass is 79.9. The number of fused-ring (bicyclic) bond motifs is 4. The zero-order valence-corrected chi connectivity index (χ0v) is 73.2. The van der Waals surface area contributed by atoms with Gasteiger partial charge in [0.25, 0.3) is 0 Å². The van der Waals surface area contributed by atoms with Crippen LogP contribution in [-0.4, -0.2) is 185 Å². The smallest absolute Gasteiger partial charge is 0.306 e. The Labute approximate surface area is 732 Å². The number of piperidine rings is 4. The standard InChI is InChI=1S/C28H32N4O3.C26H27N3O3.C23H24N4O2.C22H21BrN4O/c1-5-35-26(34)14-9-21-17-24-28(30-19(21)2)27(25(33)18-31-15-7-6-8-16-31)20(3)32(24)23-12-10-22(29-4)11-13-23;1-18-26(24(30)17-28-14-4-3-5-15-28)22-12-6-19(7-13-25(31)32)16-23(22)29(18)21-10-8-20(27-2)9-11-21;1-16-22(21(28)15-26-11-5-4-6-12-26)23-20(13-19(29-3)14-25-23)27(16)18-9-7-17(24-2)8-10-18;1-15-21(20(28)14-26-10-4-3-5-11-26)22-19(12-16(23)13-25-22)27(15)18-8-6-17(24-2)7-9-18/h10-13,17H,5-9,14-16,18H2,1-3H3;6,8-12,16H,3-5,7,13-15,17H2,1H3,(H,31,32);7-10,13-14H,4-6,11-12,15H2,1,3H3;6-9,12-13H,3-5,10-11,14H2,1H3. The van der Waals surface area contributed by atoms with Crippen molar-refractivity contribution in [1.82, 2.24) is 52.8 Å². The fourth-order valence-electron chi connectivity index (χ4n) is 17.7. The molecule has 0 amide bonds. The van der Waals surface area contributed by atoms with Gasteiger partial charge in [0.2, 0.25) is 0 Å². The highest BCUT2D eigenvalue weighted by Gasteiger charge is 2.31. The maximum absolute atomic E-state index is 13.6. The molecule has 124 heavy (non-hydrogen) atoms. The summed E-state index contributed by atoms with van der Waals surface area (Å²) in [5, 5.41) is 9.95. The van der Waals surface area contributed by atoms with E-state index < -0.39 is 5.97 Å². The molecule has 0 atom stereocenters. The number of benzene rings is 5. The predicted octanol–water partition coefficient (Wildman–Crippen LogP) is 20.4. The normalized spacial score (nSPS) is 14.5. The van der Waals surface area contributed by atoms with E-state index in [2.05, 4.69) is 74.0 Å². The van der Waals surface area contributed by atoms with Gasteiger partial charge in [-0.1, -0.05) is 86.3 Å². The van der Waals surface area contributed by atoms with Crippen molar-refractivity contribution in [3.63, 3.8) is 0 Å². The maximum atomic E-state index is 13.6. The second-order valence-corrected chi connectivity index (χ2v) is 33.1. The minimum absolute atomic E-state index is 0.0612. The summed E-state index contributed by atoms with van der Waals surface area (Å²) in [7, 11) is 1.61. The van der Waals surface area contributed by atoms with Crippen LogP contribution in [0.5, 0.6) is 5.75 Å². The molecule has 0 spiro atoms. The van der Waals surface area contributed by atoms with Crippen LogP contribution in [0, 0.1) is 60.9 Å². The number of halogens is 1. The lowest BCUT2D eigenvalue weighted by molar-refractivity contribution is -0.143. The Morgan fingerprint density at radius 2 is 0.774 bits per heavy atom. The number of methoxy groups -OCH3 is 1. The molecule has 4 aliphatic heterocycles. The average Bonchev–Trinajstić information content (AvgIpc) is 1.63. The van der Waals surface area contributed by atoms with E-state index in [1.54, 1.807) is 75.0 Å². The van der Waals surface area contributed by atoms with Crippen LogP contribution >= 0.6 is 15.9 Å². The van der Waals surface area contributed by atoms with Crippen LogP contribution in [-0.2, 0) is 27.2 Å². The maximum Gasteiger partial charge on any atom is 0.306 e. The number of esters is 1. The molecule has 24 nitrogen and oxygen atoms in total. The van der Waals surface area contributed by atoms with Gasteiger partial charge in [0.15, 0.2) is 45.9 Å². The molecule has 11 heterocycles. The molecule has 0 saturated carbocycles. The molecule has 0 radical (unpaired) electrons. The molecule has 4 aliphatic rings. The first-order valence-electron chi connectivity index (χ1n) is 42.8. The lowest BCUT2D eigenvalue weighted by Crippen LogP contribution is -2.34. The van der Waals surface area contributed by atoms with Gasteiger partial charge in [-0.25, -0.2) is 24.4 Å². The highest BCUT2D eigenvalue weighted by molar-refractivity contribution is 9.10. The molecule has 1 N–H and O–H groups in total. The number of nitrogens with zero attached hydrogens (tertiary/aromatic N) is 15. The third-order valence-electron chi connectivity index (χ3n) is 23.9. The van der Waals surface area contributed by atoms with Crippen LogP contribution in [0.1, 0.15) is 178 Å². The Kier molecular flexibility index (Phi) is 29.9. The Balaban J connectivity index is 0.000000143. The van der Waals surface area contributed by atoms with Gasteiger partial charge >= 0.3 is 11.9 Å². The summed E-state index contributed by atoms with van der Waals surface area (Å²) in [6.45, 7) is 50.1. The molecule has 16 rings (SSSR count). The summed E-state index contributed by atoms with van der Waals surface area (Å²) in [5.41, 5.74) is 20.3. The quantitative estimate of drug-likeness (QED) is 0.0337. The number of likely N-dealkylation sites (tertiary alicyclic amines) is 4. The molecule has 12 aromatic rings. The van der Waals surface area contributed by atoms with Crippen molar-refractivity contribution in [2.45, 2.75) is 144 Å². The number of pyridine rings is 3. The van der Waals surface area contributed by atoms with Gasteiger partial charge in [-0.05, 0) is 252 Å². The number of rotatable bonds is 24. The van der Waals surface area contributed by atoms with E-state index in [0.29, 0.717) is 102 Å². The molecule has 7 aromatic heterocycles. The van der Waals surface area contributed by atoms with Gasteiger partial charge in [-0.3, -0.25) is 58.3 Å². The minimum atomic E-state index is -0.830. The zero-order valence-electron chi connectivity index (χ0n) is 71.7.